The number of carbonyl (C=O) groups is 2. The quantitative estimate of drug-likeness (QED) is 0.781. The van der Waals surface area contributed by atoms with Crippen LogP contribution in [0.3, 0.4) is 0 Å². The van der Waals surface area contributed by atoms with E-state index in [1.165, 1.54) is 0 Å². The van der Waals surface area contributed by atoms with Crippen LogP contribution >= 0.6 is 0 Å². The summed E-state index contributed by atoms with van der Waals surface area (Å²) in [5, 5.41) is 0. The van der Waals surface area contributed by atoms with Crippen LogP contribution in [0, 0.1) is 0 Å². The smallest absolute Gasteiger partial charge is 0.227 e. The standard InChI is InChI=1S/C15H15N3O2/c1-17-9-16-15(13(17)8-19)11-3-5-12-10(7-11)4-6-14(20)18(12)2/h3,5,7-9H,4,6H2,1-2H3. The van der Waals surface area contributed by atoms with Gasteiger partial charge in [-0.05, 0) is 24.1 Å². The van der Waals surface area contributed by atoms with E-state index in [9.17, 15) is 9.59 Å². The number of hydrogen-bond acceptors (Lipinski definition) is 3. The van der Waals surface area contributed by atoms with Crippen LogP contribution in [0.5, 0.6) is 0 Å². The molecule has 2 aromatic rings. The van der Waals surface area contributed by atoms with Crippen LogP contribution in [0.15, 0.2) is 24.5 Å². The SMILES string of the molecule is CN1C(=O)CCc2cc(-c3ncn(C)c3C=O)ccc21. The summed E-state index contributed by atoms with van der Waals surface area (Å²) in [5.74, 6) is 0.136. The largest absolute Gasteiger partial charge is 0.331 e. The summed E-state index contributed by atoms with van der Waals surface area (Å²) in [6.45, 7) is 0. The molecule has 1 aliphatic rings. The van der Waals surface area contributed by atoms with Gasteiger partial charge in [-0.2, -0.15) is 0 Å². The summed E-state index contributed by atoms with van der Waals surface area (Å²) in [6.07, 6.45) is 3.71. The van der Waals surface area contributed by atoms with Crippen molar-refractivity contribution in [1.82, 2.24) is 9.55 Å². The van der Waals surface area contributed by atoms with E-state index in [0.717, 1.165) is 29.5 Å². The number of aromatic nitrogens is 2. The normalized spacial score (nSPS) is 14.3. The van der Waals surface area contributed by atoms with Gasteiger partial charge in [-0.25, -0.2) is 4.98 Å². The Hall–Kier alpha value is -2.43. The minimum atomic E-state index is 0.136. The molecule has 102 valence electrons. The zero-order valence-corrected chi connectivity index (χ0v) is 11.5. The monoisotopic (exact) mass is 269 g/mol. The lowest BCUT2D eigenvalue weighted by Crippen LogP contribution is -2.30. The third kappa shape index (κ3) is 1.82. The number of anilines is 1. The molecule has 0 atom stereocenters. The van der Waals surface area contributed by atoms with Crippen molar-refractivity contribution in [1.29, 1.82) is 0 Å². The number of amides is 1. The molecule has 20 heavy (non-hydrogen) atoms. The average Bonchev–Trinajstić information content (AvgIpc) is 2.83. The van der Waals surface area contributed by atoms with E-state index >= 15 is 0 Å². The lowest BCUT2D eigenvalue weighted by atomic mass is 9.97. The summed E-state index contributed by atoms with van der Waals surface area (Å²) in [4.78, 5) is 28.8. The van der Waals surface area contributed by atoms with Crippen LogP contribution in [-0.2, 0) is 18.3 Å². The molecule has 1 amide bonds. The molecule has 0 radical (unpaired) electrons. The second kappa shape index (κ2) is 4.59. The van der Waals surface area contributed by atoms with Crippen molar-refractivity contribution in [2.45, 2.75) is 12.8 Å². The van der Waals surface area contributed by atoms with Gasteiger partial charge in [-0.3, -0.25) is 9.59 Å². The number of aldehydes is 1. The number of imidazole rings is 1. The molecule has 5 nitrogen and oxygen atoms in total. The minimum Gasteiger partial charge on any atom is -0.331 e. The van der Waals surface area contributed by atoms with E-state index < -0.39 is 0 Å². The molecule has 1 aromatic heterocycles. The Bertz CT molecular complexity index is 703. The molecule has 0 aliphatic carbocycles. The van der Waals surface area contributed by atoms with Crippen LogP contribution in [0.2, 0.25) is 0 Å². The summed E-state index contributed by atoms with van der Waals surface area (Å²) >= 11 is 0. The second-order valence-electron chi connectivity index (χ2n) is 5.00. The Morgan fingerprint density at radius 3 is 2.80 bits per heavy atom. The number of benzene rings is 1. The highest BCUT2D eigenvalue weighted by atomic mass is 16.2. The summed E-state index contributed by atoms with van der Waals surface area (Å²) in [5.41, 5.74) is 4.21. The maximum absolute atomic E-state index is 11.7. The van der Waals surface area contributed by atoms with Gasteiger partial charge in [0.2, 0.25) is 5.91 Å². The average molecular weight is 269 g/mol. The zero-order valence-electron chi connectivity index (χ0n) is 11.5. The van der Waals surface area contributed by atoms with Gasteiger partial charge in [-0.15, -0.1) is 0 Å². The van der Waals surface area contributed by atoms with Crippen LogP contribution in [0.4, 0.5) is 5.69 Å². The van der Waals surface area contributed by atoms with Gasteiger partial charge in [0.05, 0.1) is 12.0 Å². The molecule has 0 bridgehead atoms. The summed E-state index contributed by atoms with van der Waals surface area (Å²) in [6, 6.07) is 5.85. The first kappa shape index (κ1) is 12.6. The molecule has 5 heteroatoms. The maximum atomic E-state index is 11.7. The number of nitrogens with zero attached hydrogens (tertiary/aromatic N) is 3. The van der Waals surface area contributed by atoms with E-state index in [0.29, 0.717) is 17.8 Å². The predicted molar refractivity (Wildman–Crippen MR) is 75.8 cm³/mol. The van der Waals surface area contributed by atoms with E-state index in [1.807, 2.05) is 18.2 Å². The molecule has 0 saturated carbocycles. The first-order valence-corrected chi connectivity index (χ1v) is 6.48. The van der Waals surface area contributed by atoms with E-state index in [-0.39, 0.29) is 5.91 Å². The van der Waals surface area contributed by atoms with Crippen molar-refractivity contribution in [3.05, 3.63) is 35.8 Å². The molecule has 0 saturated heterocycles. The van der Waals surface area contributed by atoms with Crippen molar-refractivity contribution >= 4 is 17.9 Å². The van der Waals surface area contributed by atoms with Crippen molar-refractivity contribution in [3.63, 3.8) is 0 Å². The highest BCUT2D eigenvalue weighted by Crippen LogP contribution is 2.31. The van der Waals surface area contributed by atoms with Gasteiger partial charge >= 0.3 is 0 Å². The van der Waals surface area contributed by atoms with Gasteiger partial charge in [0, 0.05) is 31.8 Å². The number of rotatable bonds is 2. The highest BCUT2D eigenvalue weighted by molar-refractivity contribution is 5.96. The van der Waals surface area contributed by atoms with Crippen LogP contribution < -0.4 is 4.90 Å². The van der Waals surface area contributed by atoms with Crippen LogP contribution in [-0.4, -0.2) is 28.8 Å². The van der Waals surface area contributed by atoms with Crippen molar-refractivity contribution < 1.29 is 9.59 Å². The Kier molecular flexibility index (Phi) is 2.89. The topological polar surface area (TPSA) is 55.2 Å². The summed E-state index contributed by atoms with van der Waals surface area (Å²) < 4.78 is 1.71. The van der Waals surface area contributed by atoms with Gasteiger partial charge in [0.1, 0.15) is 5.69 Å². The van der Waals surface area contributed by atoms with Gasteiger partial charge in [0.15, 0.2) is 6.29 Å². The van der Waals surface area contributed by atoms with Crippen molar-refractivity contribution in [3.8, 4) is 11.3 Å². The fourth-order valence-corrected chi connectivity index (χ4v) is 2.60. The second-order valence-corrected chi connectivity index (χ2v) is 5.00. The molecular weight excluding hydrogens is 254 g/mol. The van der Waals surface area contributed by atoms with Crippen molar-refractivity contribution in [2.24, 2.45) is 7.05 Å². The number of hydrogen-bond donors (Lipinski definition) is 0. The minimum absolute atomic E-state index is 0.136. The van der Waals surface area contributed by atoms with Crippen LogP contribution in [0.1, 0.15) is 22.5 Å². The fraction of sp³-hybridized carbons (Fsp3) is 0.267. The molecule has 0 N–H and O–H groups in total. The lowest BCUT2D eigenvalue weighted by Gasteiger charge is -2.26. The third-order valence-electron chi connectivity index (χ3n) is 3.79. The predicted octanol–water partition coefficient (Wildman–Crippen LogP) is 1.81. The Morgan fingerprint density at radius 2 is 2.05 bits per heavy atom. The Morgan fingerprint density at radius 1 is 1.25 bits per heavy atom. The number of fused-ring (bicyclic) bond motifs is 1. The molecule has 2 heterocycles. The van der Waals surface area contributed by atoms with E-state index in [2.05, 4.69) is 4.98 Å². The fourth-order valence-electron chi connectivity index (χ4n) is 2.60. The Labute approximate surface area is 116 Å². The first-order valence-electron chi connectivity index (χ1n) is 6.48. The maximum Gasteiger partial charge on any atom is 0.227 e. The lowest BCUT2D eigenvalue weighted by molar-refractivity contribution is -0.118. The molecule has 0 spiro atoms. The molecule has 0 fully saturated rings. The first-order chi connectivity index (χ1) is 9.61. The molecule has 0 unspecified atom stereocenters. The highest BCUT2D eigenvalue weighted by Gasteiger charge is 2.21. The van der Waals surface area contributed by atoms with E-state index in [1.54, 1.807) is 29.9 Å². The van der Waals surface area contributed by atoms with Crippen molar-refractivity contribution in [2.75, 3.05) is 11.9 Å². The Balaban J connectivity index is 2.09. The number of aryl methyl sites for hydroxylation is 2. The van der Waals surface area contributed by atoms with Gasteiger partial charge in [-0.1, -0.05) is 6.07 Å². The van der Waals surface area contributed by atoms with Gasteiger partial charge < -0.3 is 9.47 Å². The molecular formula is C15H15N3O2. The molecule has 1 aliphatic heterocycles. The number of carbonyl (C=O) groups excluding carboxylic acids is 2. The summed E-state index contributed by atoms with van der Waals surface area (Å²) in [7, 11) is 3.59. The zero-order chi connectivity index (χ0) is 14.3. The molecule has 1 aromatic carbocycles. The molecule has 3 rings (SSSR count). The van der Waals surface area contributed by atoms with Gasteiger partial charge in [0.25, 0.3) is 0 Å². The van der Waals surface area contributed by atoms with Crippen LogP contribution in [0.25, 0.3) is 11.3 Å². The van der Waals surface area contributed by atoms with E-state index in [4.69, 9.17) is 0 Å². The third-order valence-corrected chi connectivity index (χ3v) is 3.79.